The fourth-order valence-corrected chi connectivity index (χ4v) is 3.82. The fourth-order valence-electron chi connectivity index (χ4n) is 3.82. The quantitative estimate of drug-likeness (QED) is 0.355. The molecule has 1 aliphatic rings. The van der Waals surface area contributed by atoms with E-state index >= 15 is 0 Å². The average Bonchev–Trinajstić information content (AvgIpc) is 3.41. The van der Waals surface area contributed by atoms with Crippen LogP contribution in [0.4, 0.5) is 4.39 Å². The number of carbonyl (C=O) groups excluding carboxylic acids is 1. The van der Waals surface area contributed by atoms with Crippen molar-refractivity contribution in [1.29, 1.82) is 0 Å². The third-order valence-electron chi connectivity index (χ3n) is 5.79. The Bertz CT molecular complexity index is 1210. The highest BCUT2D eigenvalue weighted by Crippen LogP contribution is 2.22. The molecule has 11 nitrogen and oxygen atoms in total. The Labute approximate surface area is 218 Å². The third-order valence-corrected chi connectivity index (χ3v) is 5.79. The molecule has 0 bridgehead atoms. The van der Waals surface area contributed by atoms with Gasteiger partial charge in [-0.1, -0.05) is 17.3 Å². The van der Waals surface area contributed by atoms with Gasteiger partial charge in [0.25, 0.3) is 17.6 Å². The van der Waals surface area contributed by atoms with Crippen LogP contribution >= 0.6 is 0 Å². The van der Waals surface area contributed by atoms with Crippen LogP contribution < -0.4 is 5.32 Å². The second-order valence-electron chi connectivity index (χ2n) is 8.56. The highest BCUT2D eigenvalue weighted by Gasteiger charge is 2.20. The lowest BCUT2D eigenvalue weighted by Gasteiger charge is -2.32. The number of carbonyl (C=O) groups is 3. The van der Waals surface area contributed by atoms with Gasteiger partial charge in [0.1, 0.15) is 5.82 Å². The minimum absolute atomic E-state index is 0.0379. The van der Waals surface area contributed by atoms with Crippen molar-refractivity contribution >= 4 is 17.8 Å². The van der Waals surface area contributed by atoms with Crippen LogP contribution in [0.5, 0.6) is 0 Å². The van der Waals surface area contributed by atoms with E-state index in [-0.39, 0.29) is 17.5 Å². The van der Waals surface area contributed by atoms with Crippen LogP contribution in [-0.4, -0.2) is 67.7 Å². The molecule has 12 heteroatoms. The largest absolute Gasteiger partial charge is 0.478 e. The summed E-state index contributed by atoms with van der Waals surface area (Å²) < 4.78 is 18.2. The molecule has 200 valence electrons. The number of benzene rings is 1. The van der Waals surface area contributed by atoms with Gasteiger partial charge in [-0.05, 0) is 68.1 Å². The molecule has 0 spiro atoms. The first-order chi connectivity index (χ1) is 18.3. The molecule has 0 atom stereocenters. The molecule has 1 saturated heterocycles. The SMILES string of the molecule is O=C(NCCC1CCN(Cc2ccc(F)cc2)CC1)c1noc(-c2ccncc2)n1.O=C(O)C=CC(=O)O. The van der Waals surface area contributed by atoms with Crippen molar-refractivity contribution in [3.63, 3.8) is 0 Å². The number of pyridine rings is 1. The highest BCUT2D eigenvalue weighted by atomic mass is 19.1. The van der Waals surface area contributed by atoms with Crippen molar-refractivity contribution in [2.75, 3.05) is 19.6 Å². The van der Waals surface area contributed by atoms with E-state index in [1.165, 1.54) is 12.1 Å². The normalized spacial score (nSPS) is 14.0. The Morgan fingerprint density at radius 2 is 1.66 bits per heavy atom. The molecule has 1 amide bonds. The Balaban J connectivity index is 0.000000436. The van der Waals surface area contributed by atoms with Gasteiger partial charge in [0.2, 0.25) is 0 Å². The van der Waals surface area contributed by atoms with Crippen LogP contribution in [0.2, 0.25) is 0 Å². The van der Waals surface area contributed by atoms with Gasteiger partial charge >= 0.3 is 11.9 Å². The van der Waals surface area contributed by atoms with E-state index in [0.717, 1.165) is 50.0 Å². The van der Waals surface area contributed by atoms with Crippen LogP contribution in [0.1, 0.15) is 35.4 Å². The first-order valence-corrected chi connectivity index (χ1v) is 11.9. The van der Waals surface area contributed by atoms with Crippen LogP contribution in [-0.2, 0) is 16.1 Å². The summed E-state index contributed by atoms with van der Waals surface area (Å²) in [6.07, 6.45) is 7.47. The molecule has 0 aliphatic carbocycles. The van der Waals surface area contributed by atoms with Crippen LogP contribution in [0.25, 0.3) is 11.5 Å². The number of amides is 1. The van der Waals surface area contributed by atoms with Gasteiger partial charge in [-0.2, -0.15) is 4.98 Å². The van der Waals surface area contributed by atoms with Gasteiger partial charge in [-0.25, -0.2) is 14.0 Å². The maximum Gasteiger partial charge on any atom is 0.328 e. The number of carboxylic acids is 2. The van der Waals surface area contributed by atoms with Crippen molar-refractivity contribution in [2.45, 2.75) is 25.8 Å². The zero-order valence-electron chi connectivity index (χ0n) is 20.5. The lowest BCUT2D eigenvalue weighted by Crippen LogP contribution is -2.35. The number of rotatable bonds is 9. The Morgan fingerprint density at radius 1 is 1.03 bits per heavy atom. The number of nitrogens with one attached hydrogen (secondary N) is 1. The monoisotopic (exact) mass is 525 g/mol. The van der Waals surface area contributed by atoms with Crippen molar-refractivity contribution in [3.05, 3.63) is 78.1 Å². The van der Waals surface area contributed by atoms with Crippen molar-refractivity contribution in [2.24, 2.45) is 5.92 Å². The number of nitrogens with zero attached hydrogens (tertiary/aromatic N) is 4. The van der Waals surface area contributed by atoms with E-state index < -0.39 is 11.9 Å². The van der Waals surface area contributed by atoms with E-state index in [2.05, 4.69) is 25.3 Å². The molecule has 3 heterocycles. The zero-order valence-corrected chi connectivity index (χ0v) is 20.5. The van der Waals surface area contributed by atoms with Crippen LogP contribution in [0, 0.1) is 11.7 Å². The summed E-state index contributed by atoms with van der Waals surface area (Å²) in [6.45, 7) is 3.45. The Morgan fingerprint density at radius 3 is 2.26 bits per heavy atom. The van der Waals surface area contributed by atoms with E-state index in [1.54, 1.807) is 24.5 Å². The Kier molecular flexibility index (Phi) is 10.6. The molecule has 1 aliphatic heterocycles. The minimum atomic E-state index is -1.26. The first kappa shape index (κ1) is 28.1. The summed E-state index contributed by atoms with van der Waals surface area (Å²) in [6, 6.07) is 10.2. The maximum atomic E-state index is 13.0. The molecule has 3 aromatic rings. The molecule has 1 fully saturated rings. The molecule has 0 saturated carbocycles. The highest BCUT2D eigenvalue weighted by molar-refractivity contribution is 5.90. The molecule has 0 unspecified atom stereocenters. The van der Waals surface area contributed by atoms with Gasteiger partial charge in [0.15, 0.2) is 0 Å². The summed E-state index contributed by atoms with van der Waals surface area (Å²) in [4.78, 5) is 41.9. The van der Waals surface area contributed by atoms with E-state index in [4.69, 9.17) is 14.7 Å². The van der Waals surface area contributed by atoms with Crippen molar-refractivity contribution in [3.8, 4) is 11.5 Å². The molecule has 0 radical (unpaired) electrons. The Hall–Kier alpha value is -4.45. The van der Waals surface area contributed by atoms with Crippen molar-refractivity contribution in [1.82, 2.24) is 25.3 Å². The van der Waals surface area contributed by atoms with Crippen LogP contribution in [0.3, 0.4) is 0 Å². The molecule has 2 aromatic heterocycles. The van der Waals surface area contributed by atoms with Crippen LogP contribution in [0.15, 0.2) is 65.5 Å². The third kappa shape index (κ3) is 9.54. The minimum Gasteiger partial charge on any atom is -0.478 e. The summed E-state index contributed by atoms with van der Waals surface area (Å²) >= 11 is 0. The zero-order chi connectivity index (χ0) is 27.3. The number of aromatic nitrogens is 3. The second kappa shape index (κ2) is 14.3. The first-order valence-electron chi connectivity index (χ1n) is 11.9. The van der Waals surface area contributed by atoms with E-state index in [0.29, 0.717) is 30.5 Å². The topological polar surface area (TPSA) is 159 Å². The summed E-state index contributed by atoms with van der Waals surface area (Å²) in [5.74, 6) is -2.12. The van der Waals surface area contributed by atoms with Crippen molar-refractivity contribution < 1.29 is 33.5 Å². The fraction of sp³-hybridized carbons (Fsp3) is 0.308. The van der Waals surface area contributed by atoms with Gasteiger partial charge in [0.05, 0.1) is 0 Å². The maximum absolute atomic E-state index is 13.0. The molecule has 1 aromatic carbocycles. The molecule has 38 heavy (non-hydrogen) atoms. The van der Waals surface area contributed by atoms with Gasteiger partial charge < -0.3 is 20.1 Å². The van der Waals surface area contributed by atoms with Gasteiger partial charge in [-0.3, -0.25) is 14.7 Å². The van der Waals surface area contributed by atoms with Gasteiger partial charge in [-0.15, -0.1) is 0 Å². The molecule has 4 rings (SSSR count). The smallest absolute Gasteiger partial charge is 0.328 e. The lowest BCUT2D eigenvalue weighted by atomic mass is 9.93. The molecular formula is C26H28FN5O6. The summed E-state index contributed by atoms with van der Waals surface area (Å²) in [5.41, 5.74) is 1.86. The average molecular weight is 526 g/mol. The number of aliphatic carboxylic acids is 2. The molecule has 3 N–H and O–H groups in total. The number of hydrogen-bond donors (Lipinski definition) is 3. The van der Waals surface area contributed by atoms with Gasteiger partial charge in [0, 0.05) is 43.2 Å². The standard InChI is InChI=1S/C22H24FN5O2.C4H4O4/c23-19-3-1-17(2-4-19)15-28-13-8-16(9-14-28)5-12-25-21(29)20-26-22(30-27-20)18-6-10-24-11-7-18;5-3(6)1-2-4(7)8/h1-4,6-7,10-11,16H,5,8-9,12-15H2,(H,25,29);1-2H,(H,5,6)(H,7,8). The number of piperidine rings is 1. The lowest BCUT2D eigenvalue weighted by molar-refractivity contribution is -0.134. The second-order valence-corrected chi connectivity index (χ2v) is 8.56. The van der Waals surface area contributed by atoms with E-state index in [9.17, 15) is 18.8 Å². The predicted octanol–water partition coefficient (Wildman–Crippen LogP) is 3.01. The number of likely N-dealkylation sites (tertiary alicyclic amines) is 1. The summed E-state index contributed by atoms with van der Waals surface area (Å²) in [7, 11) is 0. The number of hydrogen-bond acceptors (Lipinski definition) is 8. The van der Waals surface area contributed by atoms with E-state index in [1.807, 2.05) is 12.1 Å². The predicted molar refractivity (Wildman–Crippen MR) is 133 cm³/mol. The molecular weight excluding hydrogens is 497 g/mol. The number of carboxylic acid groups (broad SMARTS) is 2. The summed E-state index contributed by atoms with van der Waals surface area (Å²) in [5, 5.41) is 22.3. The number of halogens is 1.